The molecule has 7 atom stereocenters. The fraction of sp³-hybridized carbons (Fsp3) is 0.305. The van der Waals surface area contributed by atoms with Crippen LogP contribution in [-0.4, -0.2) is 135 Å². The van der Waals surface area contributed by atoms with Crippen molar-refractivity contribution in [1.29, 1.82) is 0 Å². The van der Waals surface area contributed by atoms with Gasteiger partial charge in [-0.3, -0.25) is 28.8 Å². The van der Waals surface area contributed by atoms with Crippen LogP contribution in [-0.2, 0) is 16.0 Å². The minimum atomic E-state index is -1.40. The van der Waals surface area contributed by atoms with E-state index in [4.69, 9.17) is 36.1 Å². The van der Waals surface area contributed by atoms with Gasteiger partial charge in [-0.1, -0.05) is 63.2 Å². The molecular weight excluding hydrogens is 1240 g/mol. The molecule has 29 heteroatoms. The number of fused-ring (bicyclic) bond motifs is 16. The van der Waals surface area contributed by atoms with Crippen LogP contribution in [0.2, 0.25) is 0 Å². The Hall–Kier alpha value is -8.13. The molecule has 0 spiro atoms. The number of aliphatic hydroxyl groups is 2. The van der Waals surface area contributed by atoms with Crippen molar-refractivity contribution in [3.05, 3.63) is 147 Å². The fourth-order valence-corrected chi connectivity index (χ4v) is 15.5. The summed E-state index contributed by atoms with van der Waals surface area (Å²) in [5.41, 5.74) is 14.5. The summed E-state index contributed by atoms with van der Waals surface area (Å²) in [4.78, 5) is 121. The number of ether oxygens (including phenoxy) is 1. The summed E-state index contributed by atoms with van der Waals surface area (Å²) in [7, 11) is 0. The van der Waals surface area contributed by atoms with E-state index < -0.39 is 84.2 Å². The van der Waals surface area contributed by atoms with Gasteiger partial charge in [-0.25, -0.2) is 34.9 Å². The Morgan fingerprint density at radius 1 is 0.693 bits per heavy atom. The number of nitrogens with two attached hydrogens (primary N) is 2. The van der Waals surface area contributed by atoms with Gasteiger partial charge in [-0.05, 0) is 55.4 Å². The van der Waals surface area contributed by atoms with Crippen LogP contribution in [0.5, 0.6) is 5.75 Å². The molecule has 7 aromatic heterocycles. The van der Waals surface area contributed by atoms with Gasteiger partial charge in [0.15, 0.2) is 0 Å². The number of benzene rings is 2. The van der Waals surface area contributed by atoms with Crippen molar-refractivity contribution in [1.82, 2.24) is 60.6 Å². The van der Waals surface area contributed by atoms with E-state index >= 15 is 4.79 Å². The molecule has 454 valence electrons. The van der Waals surface area contributed by atoms with Gasteiger partial charge in [0, 0.05) is 62.8 Å². The van der Waals surface area contributed by atoms with Gasteiger partial charge < -0.3 is 52.2 Å². The van der Waals surface area contributed by atoms with Crippen LogP contribution in [0.4, 0.5) is 0 Å². The zero-order valence-electron chi connectivity index (χ0n) is 47.6. The van der Waals surface area contributed by atoms with E-state index in [1.807, 2.05) is 36.6 Å². The standard InChI is InChI=1S/C59H58N14O9S6/c1-5-72(6-2)18-19-82-32-14-12-30(13-15-32)20-36-59(81)73-22-42(74)28(3)47(73)58-69-41(27-87-58)55-65-37(23-84-55)45-33(16-17-34(62-45)54-66-38(24-85-54)49(61)77)53-67-39(25-83-53)50(78)63-35(21-43(60)75)56-71-44(29(4)88-56)52(80)70-46(48(76)31-10-8-7-9-11-31)57-68-40(26-86-57)51(79)64-36/h7-17,23-28,35-36,42,46-48,74,76H,5-6,18-22H2,1-4H3,(H2,60,75)(H2,61,77)(H,63,78)(H,64,79)(H,70,80)/t28-,35-,36-,42-,46-,47-,48+/m0/s1. The van der Waals surface area contributed by atoms with Crippen LogP contribution < -0.4 is 32.2 Å². The second-order valence-corrected chi connectivity index (χ2v) is 26.4. The number of likely N-dealkylation sites (N-methyl/N-ethyl adjacent to an activating group) is 1. The monoisotopic (exact) mass is 1300 g/mol. The SMILES string of the molecule is CCN(CC)CCOc1ccc(C[C@@H]2NC(=O)c3csc(n3)[C@H]([C@H](O)c3ccccc3)NC(=O)c3nc(sc3C)[C@H](CC(N)=O)NC(=O)c3csc(n3)-c3ccc(-c4nc(C(N)=O)cs4)nc3-c3csc(n3)-c3csc(n3)[C@@H]3[C@@H](C)[C@@H](O)CN3C2=O)cc1. The first-order valence-electron chi connectivity index (χ1n) is 27.9. The van der Waals surface area contributed by atoms with Crippen LogP contribution in [0.25, 0.3) is 43.4 Å². The van der Waals surface area contributed by atoms with Crippen molar-refractivity contribution in [2.75, 3.05) is 32.8 Å². The topological polar surface area (TPSA) is 337 Å². The number of aliphatic hydroxyl groups excluding tert-OH is 2. The maximum Gasteiger partial charge on any atom is 0.271 e. The van der Waals surface area contributed by atoms with Gasteiger partial charge in [0.1, 0.15) is 100 Å². The van der Waals surface area contributed by atoms with E-state index in [2.05, 4.69) is 49.6 Å². The minimum Gasteiger partial charge on any atom is -0.492 e. The number of carbonyl (C=O) groups is 6. The molecular formula is C59H58N14O9S6. The number of pyridine rings is 1. The molecule has 1 fully saturated rings. The van der Waals surface area contributed by atoms with Crippen molar-refractivity contribution in [3.8, 4) is 49.1 Å². The van der Waals surface area contributed by atoms with E-state index in [1.165, 1.54) is 44.8 Å². The van der Waals surface area contributed by atoms with Crippen molar-refractivity contribution in [3.63, 3.8) is 0 Å². The highest BCUT2D eigenvalue weighted by Crippen LogP contribution is 2.43. The lowest BCUT2D eigenvalue weighted by Gasteiger charge is -2.29. The van der Waals surface area contributed by atoms with Crippen molar-refractivity contribution < 1.29 is 43.7 Å². The van der Waals surface area contributed by atoms with Gasteiger partial charge in [0.25, 0.3) is 23.6 Å². The molecule has 9 aromatic rings. The van der Waals surface area contributed by atoms with Gasteiger partial charge in [0.2, 0.25) is 11.8 Å². The first kappa shape index (κ1) is 61.5. The summed E-state index contributed by atoms with van der Waals surface area (Å²) in [5.74, 6) is -3.95. The second-order valence-electron chi connectivity index (χ2n) is 20.8. The molecule has 0 radical (unpaired) electrons. The summed E-state index contributed by atoms with van der Waals surface area (Å²) in [6.45, 7) is 10.6. The van der Waals surface area contributed by atoms with Crippen molar-refractivity contribution >= 4 is 103 Å². The summed E-state index contributed by atoms with van der Waals surface area (Å²) in [6, 6.07) is 15.0. The maximum atomic E-state index is 15.4. The smallest absolute Gasteiger partial charge is 0.271 e. The fourth-order valence-electron chi connectivity index (χ4n) is 10.2. The Morgan fingerprint density at radius 3 is 2.07 bits per heavy atom. The molecule has 10 bridgehead atoms. The number of primary amides is 2. The third-order valence-corrected chi connectivity index (χ3v) is 20.6. The lowest BCUT2D eigenvalue weighted by molar-refractivity contribution is -0.134. The molecule has 1 saturated heterocycles. The number of hydrogen-bond donors (Lipinski definition) is 7. The largest absolute Gasteiger partial charge is 0.492 e. The van der Waals surface area contributed by atoms with E-state index in [9.17, 15) is 34.2 Å². The predicted molar refractivity (Wildman–Crippen MR) is 336 cm³/mol. The normalized spacial score (nSPS) is 19.4. The third-order valence-electron chi connectivity index (χ3n) is 15.0. The number of aryl methyl sites for hydroxylation is 1. The first-order chi connectivity index (χ1) is 42.4. The van der Waals surface area contributed by atoms with Crippen LogP contribution in [0.3, 0.4) is 0 Å². The zero-order valence-corrected chi connectivity index (χ0v) is 52.5. The van der Waals surface area contributed by atoms with E-state index in [0.29, 0.717) is 76.7 Å². The molecule has 0 saturated carbocycles. The first-order valence-corrected chi connectivity index (χ1v) is 33.1. The summed E-state index contributed by atoms with van der Waals surface area (Å²) in [6.07, 6.45) is -2.73. The molecule has 9 N–H and O–H groups in total. The highest BCUT2D eigenvalue weighted by Gasteiger charge is 2.45. The van der Waals surface area contributed by atoms with Crippen LogP contribution in [0.15, 0.2) is 93.6 Å². The number of thiazole rings is 6. The van der Waals surface area contributed by atoms with Gasteiger partial charge >= 0.3 is 0 Å². The van der Waals surface area contributed by atoms with E-state index in [-0.39, 0.29) is 45.8 Å². The molecule has 23 nitrogen and oxygen atoms in total. The third kappa shape index (κ3) is 13.3. The number of hydrogen-bond acceptors (Lipinski definition) is 23. The summed E-state index contributed by atoms with van der Waals surface area (Å²) in [5, 5.41) is 42.7. The van der Waals surface area contributed by atoms with E-state index in [1.54, 1.807) is 65.0 Å². The molecule has 9 heterocycles. The molecule has 0 unspecified atom stereocenters. The molecule has 11 rings (SSSR count). The molecule has 2 aromatic carbocycles. The molecule has 88 heavy (non-hydrogen) atoms. The average Bonchev–Trinajstić information content (AvgIpc) is 3.06. The van der Waals surface area contributed by atoms with E-state index in [0.717, 1.165) is 53.6 Å². The van der Waals surface area contributed by atoms with Crippen LogP contribution in [0, 0.1) is 12.8 Å². The Bertz CT molecular complexity index is 4050. The Kier molecular flexibility index (Phi) is 18.7. The number of amides is 6. The molecule has 2 aliphatic rings. The Labute approximate surface area is 528 Å². The summed E-state index contributed by atoms with van der Waals surface area (Å²) >= 11 is 6.97. The number of nitrogens with one attached hydrogen (secondary N) is 3. The lowest BCUT2D eigenvalue weighted by Crippen LogP contribution is -2.50. The zero-order chi connectivity index (χ0) is 61.9. The number of aromatic nitrogens is 7. The minimum absolute atomic E-state index is 0.0138. The molecule has 6 amide bonds. The number of rotatable bonds is 14. The van der Waals surface area contributed by atoms with Crippen LogP contribution in [0.1, 0.15) is 124 Å². The summed E-state index contributed by atoms with van der Waals surface area (Å²) < 4.78 is 6.07. The number of nitrogens with zero attached hydrogens (tertiary/aromatic N) is 9. The van der Waals surface area contributed by atoms with Gasteiger partial charge in [0.05, 0.1) is 30.3 Å². The molecule has 0 aliphatic carbocycles. The predicted octanol–water partition coefficient (Wildman–Crippen LogP) is 7.40. The van der Waals surface area contributed by atoms with Crippen molar-refractivity contribution in [2.45, 2.75) is 76.9 Å². The Balaban J connectivity index is 0.998. The second kappa shape index (κ2) is 26.7. The lowest BCUT2D eigenvalue weighted by atomic mass is 10.00. The highest BCUT2D eigenvalue weighted by molar-refractivity contribution is 7.15. The van der Waals surface area contributed by atoms with Gasteiger partial charge in [-0.15, -0.1) is 68.0 Å². The van der Waals surface area contributed by atoms with Gasteiger partial charge in [-0.2, -0.15) is 0 Å². The van der Waals surface area contributed by atoms with Crippen molar-refractivity contribution in [2.24, 2.45) is 17.4 Å². The van der Waals surface area contributed by atoms with Crippen LogP contribution >= 0.6 is 68.0 Å². The molecule has 2 aliphatic heterocycles. The highest BCUT2D eigenvalue weighted by atomic mass is 32.1. The Morgan fingerprint density at radius 2 is 1.34 bits per heavy atom. The number of carbonyl (C=O) groups excluding carboxylic acids is 6. The maximum absolute atomic E-state index is 15.4. The average molecular weight is 1300 g/mol. The quantitative estimate of drug-likeness (QED) is 0.0557.